The van der Waals surface area contributed by atoms with E-state index in [-0.39, 0.29) is 12.0 Å². The van der Waals surface area contributed by atoms with Crippen LogP contribution >= 0.6 is 23.2 Å². The Labute approximate surface area is 210 Å². The Balaban J connectivity index is 1.59. The third kappa shape index (κ3) is 4.26. The maximum Gasteiger partial charge on any atom is 0.161 e. The second-order valence-electron chi connectivity index (χ2n) is 9.17. The van der Waals surface area contributed by atoms with Gasteiger partial charge in [0, 0.05) is 39.1 Å². The van der Waals surface area contributed by atoms with Crippen LogP contribution in [0.25, 0.3) is 10.9 Å². The van der Waals surface area contributed by atoms with E-state index < -0.39 is 0 Å². The normalized spacial score (nSPS) is 17.7. The molecule has 4 nitrogen and oxygen atoms in total. The van der Waals surface area contributed by atoms with Crippen molar-refractivity contribution in [2.45, 2.75) is 25.8 Å². The van der Waals surface area contributed by atoms with Gasteiger partial charge in [0.05, 0.1) is 19.8 Å². The summed E-state index contributed by atoms with van der Waals surface area (Å²) < 4.78 is 11.6. The smallest absolute Gasteiger partial charge is 0.161 e. The van der Waals surface area contributed by atoms with Crippen LogP contribution in [0.3, 0.4) is 0 Å². The van der Waals surface area contributed by atoms with Gasteiger partial charge >= 0.3 is 0 Å². The summed E-state index contributed by atoms with van der Waals surface area (Å²) in [7, 11) is 1.68. The number of hydrogen-bond donors (Lipinski definition) is 2. The van der Waals surface area contributed by atoms with E-state index in [2.05, 4.69) is 60.5 Å². The van der Waals surface area contributed by atoms with Crippen molar-refractivity contribution in [3.8, 4) is 11.5 Å². The maximum absolute atomic E-state index is 6.66. The molecule has 1 aromatic heterocycles. The number of halogens is 2. The summed E-state index contributed by atoms with van der Waals surface area (Å²) in [6, 6.07) is 20.4. The van der Waals surface area contributed by atoms with Crippen molar-refractivity contribution in [2.24, 2.45) is 5.92 Å². The van der Waals surface area contributed by atoms with Crippen LogP contribution in [-0.4, -0.2) is 25.2 Å². The first-order valence-electron chi connectivity index (χ1n) is 11.6. The van der Waals surface area contributed by atoms with Crippen molar-refractivity contribution < 1.29 is 9.47 Å². The molecule has 4 aromatic rings. The summed E-state index contributed by atoms with van der Waals surface area (Å²) in [5.74, 6) is 2.04. The van der Waals surface area contributed by atoms with Crippen molar-refractivity contribution in [2.75, 3.05) is 20.3 Å². The topological polar surface area (TPSA) is 46.3 Å². The Hall–Kier alpha value is -2.66. The molecule has 2 atom stereocenters. The van der Waals surface area contributed by atoms with Gasteiger partial charge in [0.1, 0.15) is 0 Å². The number of rotatable bonds is 6. The second-order valence-corrected chi connectivity index (χ2v) is 10.0. The van der Waals surface area contributed by atoms with Gasteiger partial charge in [-0.05, 0) is 52.9 Å². The molecule has 0 radical (unpaired) electrons. The van der Waals surface area contributed by atoms with Crippen LogP contribution in [0.15, 0.2) is 60.7 Å². The van der Waals surface area contributed by atoms with Crippen LogP contribution in [0.2, 0.25) is 10.0 Å². The van der Waals surface area contributed by atoms with Crippen LogP contribution in [0, 0.1) is 5.92 Å². The molecule has 0 unspecified atom stereocenters. The Kier molecular flexibility index (Phi) is 6.48. The summed E-state index contributed by atoms with van der Waals surface area (Å²) >= 11 is 12.8. The average molecular weight is 495 g/mol. The minimum absolute atomic E-state index is 0.0159. The highest BCUT2D eigenvalue weighted by Crippen LogP contribution is 2.44. The highest BCUT2D eigenvalue weighted by Gasteiger charge is 2.33. The van der Waals surface area contributed by atoms with Gasteiger partial charge in [-0.1, -0.05) is 67.4 Å². The maximum atomic E-state index is 6.66. The third-order valence-corrected chi connectivity index (χ3v) is 6.93. The van der Waals surface area contributed by atoms with E-state index in [1.807, 2.05) is 24.3 Å². The number of aromatic amines is 1. The van der Waals surface area contributed by atoms with Gasteiger partial charge in [-0.2, -0.15) is 0 Å². The summed E-state index contributed by atoms with van der Waals surface area (Å²) in [6.07, 6.45) is 0. The zero-order valence-electron chi connectivity index (χ0n) is 19.5. The number of H-pyrrole nitrogens is 1. The molecule has 34 heavy (non-hydrogen) atoms. The quantitative estimate of drug-likeness (QED) is 0.294. The van der Waals surface area contributed by atoms with E-state index in [4.69, 9.17) is 32.7 Å². The molecular weight excluding hydrogens is 467 g/mol. The van der Waals surface area contributed by atoms with Crippen molar-refractivity contribution in [1.82, 2.24) is 10.3 Å². The molecule has 1 aliphatic rings. The lowest BCUT2D eigenvalue weighted by Crippen LogP contribution is -2.34. The highest BCUT2D eigenvalue weighted by molar-refractivity contribution is 6.35. The Morgan fingerprint density at radius 1 is 1.00 bits per heavy atom. The zero-order chi connectivity index (χ0) is 23.8. The molecule has 0 aliphatic carbocycles. The molecule has 2 N–H and O–H groups in total. The van der Waals surface area contributed by atoms with Gasteiger partial charge in [0.15, 0.2) is 11.5 Å². The number of benzene rings is 3. The lowest BCUT2D eigenvalue weighted by atomic mass is 9.83. The number of para-hydroxylation sites is 1. The molecule has 6 heteroatoms. The average Bonchev–Trinajstić information content (AvgIpc) is 3.22. The standard InChI is InChI=1S/C28H28Cl2N2O2/c1-16(2)15-34-24-11-8-17(12-25(24)33-3)27-28-26(20-6-4-5-7-23(20)32-28)21(14-31-27)19-10-9-18(29)13-22(19)30/h4-13,16,21,27,31-32H,14-15H2,1-3H3/t21-,27-/m0/s1. The van der Waals surface area contributed by atoms with E-state index in [9.17, 15) is 0 Å². The fourth-order valence-electron chi connectivity index (χ4n) is 4.80. The van der Waals surface area contributed by atoms with Gasteiger partial charge in [-0.3, -0.25) is 0 Å². The number of ether oxygens (including phenoxy) is 2. The Morgan fingerprint density at radius 2 is 1.82 bits per heavy atom. The number of hydrogen-bond acceptors (Lipinski definition) is 3. The predicted molar refractivity (Wildman–Crippen MR) is 140 cm³/mol. The SMILES string of the molecule is COc1cc([C@@H]2NC[C@@H](c3ccc(Cl)cc3Cl)c3c2[nH]c2ccccc32)ccc1OCC(C)C. The van der Waals surface area contributed by atoms with E-state index >= 15 is 0 Å². The van der Waals surface area contributed by atoms with Gasteiger partial charge in [-0.15, -0.1) is 0 Å². The van der Waals surface area contributed by atoms with Crippen LogP contribution in [-0.2, 0) is 0 Å². The summed E-state index contributed by atoms with van der Waals surface area (Å²) in [5.41, 5.74) is 5.70. The Bertz CT molecular complexity index is 1330. The number of aromatic nitrogens is 1. The van der Waals surface area contributed by atoms with Crippen LogP contribution < -0.4 is 14.8 Å². The monoisotopic (exact) mass is 494 g/mol. The molecule has 0 bridgehead atoms. The van der Waals surface area contributed by atoms with Gasteiger partial charge < -0.3 is 19.8 Å². The first-order chi connectivity index (χ1) is 16.5. The fraction of sp³-hybridized carbons (Fsp3) is 0.286. The predicted octanol–water partition coefficient (Wildman–Crippen LogP) is 7.34. The van der Waals surface area contributed by atoms with Crippen LogP contribution in [0.1, 0.15) is 48.2 Å². The summed E-state index contributed by atoms with van der Waals surface area (Å²) in [5, 5.41) is 6.28. The lowest BCUT2D eigenvalue weighted by molar-refractivity contribution is 0.256. The fourth-order valence-corrected chi connectivity index (χ4v) is 5.34. The number of methoxy groups -OCH3 is 1. The number of fused-ring (bicyclic) bond motifs is 3. The van der Waals surface area contributed by atoms with Crippen LogP contribution in [0.4, 0.5) is 0 Å². The number of nitrogens with one attached hydrogen (secondary N) is 2. The van der Waals surface area contributed by atoms with Crippen molar-refractivity contribution in [1.29, 1.82) is 0 Å². The Morgan fingerprint density at radius 3 is 2.59 bits per heavy atom. The summed E-state index contributed by atoms with van der Waals surface area (Å²) in [6.45, 7) is 5.66. The summed E-state index contributed by atoms with van der Waals surface area (Å²) in [4.78, 5) is 3.68. The first-order valence-corrected chi connectivity index (χ1v) is 12.3. The van der Waals surface area contributed by atoms with E-state index in [1.165, 1.54) is 10.9 Å². The van der Waals surface area contributed by atoms with E-state index in [0.29, 0.717) is 22.6 Å². The van der Waals surface area contributed by atoms with Crippen molar-refractivity contribution in [3.63, 3.8) is 0 Å². The molecule has 176 valence electrons. The first kappa shape index (κ1) is 23.1. The van der Waals surface area contributed by atoms with Crippen molar-refractivity contribution >= 4 is 34.1 Å². The second kappa shape index (κ2) is 9.53. The molecule has 5 rings (SSSR count). The highest BCUT2D eigenvalue weighted by atomic mass is 35.5. The molecule has 0 saturated heterocycles. The molecule has 0 spiro atoms. The lowest BCUT2D eigenvalue weighted by Gasteiger charge is -2.32. The molecule has 0 saturated carbocycles. The molecule has 2 heterocycles. The minimum atomic E-state index is -0.0159. The van der Waals surface area contributed by atoms with E-state index in [1.54, 1.807) is 7.11 Å². The molecule has 0 amide bonds. The molecular formula is C28H28Cl2N2O2. The third-order valence-electron chi connectivity index (χ3n) is 6.37. The zero-order valence-corrected chi connectivity index (χ0v) is 21.0. The molecule has 1 aliphatic heterocycles. The van der Waals surface area contributed by atoms with Crippen LogP contribution in [0.5, 0.6) is 11.5 Å². The van der Waals surface area contributed by atoms with Gasteiger partial charge in [0.25, 0.3) is 0 Å². The van der Waals surface area contributed by atoms with Crippen molar-refractivity contribution in [3.05, 3.63) is 93.1 Å². The molecule has 0 fully saturated rings. The minimum Gasteiger partial charge on any atom is -0.493 e. The van der Waals surface area contributed by atoms with Gasteiger partial charge in [-0.25, -0.2) is 0 Å². The molecule has 3 aromatic carbocycles. The van der Waals surface area contributed by atoms with E-state index in [0.717, 1.165) is 40.4 Å². The van der Waals surface area contributed by atoms with Gasteiger partial charge in [0.2, 0.25) is 0 Å². The largest absolute Gasteiger partial charge is 0.493 e.